The first-order valence-electron chi connectivity index (χ1n) is 28.7. The van der Waals surface area contributed by atoms with Crippen molar-refractivity contribution in [2.75, 3.05) is 13.2 Å². The lowest BCUT2D eigenvalue weighted by atomic mass is 10.0. The van der Waals surface area contributed by atoms with Crippen molar-refractivity contribution in [3.05, 3.63) is 12.2 Å². The first-order valence-corrected chi connectivity index (χ1v) is 28.7. The van der Waals surface area contributed by atoms with E-state index in [2.05, 4.69) is 32.9 Å². The molecule has 378 valence electrons. The van der Waals surface area contributed by atoms with Gasteiger partial charge in [-0.05, 0) is 44.9 Å². The third kappa shape index (κ3) is 51.1. The Kier molecular flexibility index (Phi) is 52.2. The van der Waals surface area contributed by atoms with Crippen LogP contribution in [0.15, 0.2) is 12.2 Å². The van der Waals surface area contributed by atoms with Crippen LogP contribution in [0, 0.1) is 0 Å². The number of hydrogen-bond donors (Lipinski definition) is 0. The minimum atomic E-state index is -0.762. The average molecular weight is 904 g/mol. The molecule has 0 aromatic carbocycles. The van der Waals surface area contributed by atoms with Gasteiger partial charge in [-0.15, -0.1) is 0 Å². The normalized spacial score (nSPS) is 12.0. The third-order valence-electron chi connectivity index (χ3n) is 13.0. The van der Waals surface area contributed by atoms with Crippen molar-refractivity contribution in [3.63, 3.8) is 0 Å². The number of rotatable bonds is 53. The molecule has 0 aliphatic carbocycles. The molecule has 0 N–H and O–H groups in total. The van der Waals surface area contributed by atoms with Gasteiger partial charge in [-0.2, -0.15) is 0 Å². The first kappa shape index (κ1) is 62.1. The Morgan fingerprint density at radius 1 is 0.297 bits per heavy atom. The second-order valence-corrected chi connectivity index (χ2v) is 19.6. The van der Waals surface area contributed by atoms with Crippen LogP contribution >= 0.6 is 0 Å². The van der Waals surface area contributed by atoms with Crippen molar-refractivity contribution in [1.82, 2.24) is 0 Å². The second kappa shape index (κ2) is 53.8. The van der Waals surface area contributed by atoms with E-state index in [1.54, 1.807) is 0 Å². The molecule has 0 radical (unpaired) electrons. The fraction of sp³-hybridized carbons (Fsp3) is 0.914. The van der Waals surface area contributed by atoms with Gasteiger partial charge in [-0.1, -0.05) is 270 Å². The summed E-state index contributed by atoms with van der Waals surface area (Å²) in [5.41, 5.74) is 0. The van der Waals surface area contributed by atoms with E-state index in [1.807, 2.05) is 0 Å². The van der Waals surface area contributed by atoms with E-state index < -0.39 is 6.10 Å². The summed E-state index contributed by atoms with van der Waals surface area (Å²) in [4.78, 5) is 37.9. The van der Waals surface area contributed by atoms with Crippen LogP contribution in [0.25, 0.3) is 0 Å². The summed E-state index contributed by atoms with van der Waals surface area (Å²) >= 11 is 0. The van der Waals surface area contributed by atoms with E-state index in [1.165, 1.54) is 225 Å². The Hall–Kier alpha value is -1.85. The van der Waals surface area contributed by atoms with Gasteiger partial charge in [-0.3, -0.25) is 14.4 Å². The molecule has 0 rings (SSSR count). The molecule has 0 amide bonds. The zero-order valence-corrected chi connectivity index (χ0v) is 43.3. The van der Waals surface area contributed by atoms with Gasteiger partial charge >= 0.3 is 17.9 Å². The Labute approximate surface area is 399 Å². The Balaban J connectivity index is 4.11. The van der Waals surface area contributed by atoms with E-state index in [0.29, 0.717) is 19.3 Å². The number of esters is 3. The molecule has 6 heteroatoms. The Morgan fingerprint density at radius 3 is 0.781 bits per heavy atom. The summed E-state index contributed by atoms with van der Waals surface area (Å²) in [6.07, 6.45) is 60.8. The number of carbonyl (C=O) groups excluding carboxylic acids is 3. The second-order valence-electron chi connectivity index (χ2n) is 19.6. The summed E-state index contributed by atoms with van der Waals surface area (Å²) < 4.78 is 16.8. The molecule has 1 unspecified atom stereocenters. The lowest BCUT2D eigenvalue weighted by molar-refractivity contribution is -0.167. The standard InChI is InChI=1S/C58H110O6/c1-4-7-10-13-16-18-20-22-24-26-27-28-29-30-31-32-34-35-37-39-42-45-48-51-57(60)63-54-55(53-62-56(59)50-47-44-41-15-12-9-6-3)64-58(61)52-49-46-43-40-38-36-33-25-23-21-19-17-14-11-8-5-2/h26-27,55H,4-25,28-54H2,1-3H3/b27-26-. The maximum Gasteiger partial charge on any atom is 0.306 e. The molecule has 0 fully saturated rings. The molecule has 0 bridgehead atoms. The summed E-state index contributed by atoms with van der Waals surface area (Å²) in [5.74, 6) is -0.851. The van der Waals surface area contributed by atoms with Crippen molar-refractivity contribution < 1.29 is 28.6 Å². The monoisotopic (exact) mass is 903 g/mol. The minimum Gasteiger partial charge on any atom is -0.462 e. The molecule has 0 heterocycles. The van der Waals surface area contributed by atoms with Crippen LogP contribution in [0.1, 0.15) is 323 Å². The van der Waals surface area contributed by atoms with Crippen LogP contribution < -0.4 is 0 Å². The van der Waals surface area contributed by atoms with Crippen molar-refractivity contribution in [3.8, 4) is 0 Å². The van der Waals surface area contributed by atoms with Gasteiger partial charge in [0.05, 0.1) is 0 Å². The minimum absolute atomic E-state index is 0.0652. The Bertz CT molecular complexity index is 993. The highest BCUT2D eigenvalue weighted by Gasteiger charge is 2.19. The van der Waals surface area contributed by atoms with Gasteiger partial charge in [-0.25, -0.2) is 0 Å². The number of carbonyl (C=O) groups is 3. The third-order valence-corrected chi connectivity index (χ3v) is 13.0. The van der Waals surface area contributed by atoms with Gasteiger partial charge in [0.1, 0.15) is 13.2 Å². The van der Waals surface area contributed by atoms with Crippen LogP contribution in [0.2, 0.25) is 0 Å². The predicted octanol–water partition coefficient (Wildman–Crippen LogP) is 18.9. The fourth-order valence-corrected chi connectivity index (χ4v) is 8.68. The zero-order chi connectivity index (χ0) is 46.5. The van der Waals surface area contributed by atoms with Crippen LogP contribution in [0.4, 0.5) is 0 Å². The first-order chi connectivity index (χ1) is 31.5. The van der Waals surface area contributed by atoms with Crippen LogP contribution in [-0.4, -0.2) is 37.2 Å². The SMILES string of the molecule is CCCCCCCCCC/C=C\CCCCCCCCCCCCCC(=O)OCC(COC(=O)CCCCCCCCC)OC(=O)CCCCCCCCCCCCCCCCCC. The van der Waals surface area contributed by atoms with Crippen molar-refractivity contribution in [2.24, 2.45) is 0 Å². The maximum absolute atomic E-state index is 12.8. The molecule has 0 saturated carbocycles. The highest BCUT2D eigenvalue weighted by molar-refractivity contribution is 5.71. The van der Waals surface area contributed by atoms with E-state index in [0.717, 1.165) is 57.8 Å². The van der Waals surface area contributed by atoms with E-state index in [4.69, 9.17) is 14.2 Å². The molecule has 0 aliphatic heterocycles. The van der Waals surface area contributed by atoms with Crippen LogP contribution in [0.3, 0.4) is 0 Å². The highest BCUT2D eigenvalue weighted by Crippen LogP contribution is 2.17. The summed E-state index contributed by atoms with van der Waals surface area (Å²) in [6, 6.07) is 0. The van der Waals surface area contributed by atoms with E-state index >= 15 is 0 Å². The summed E-state index contributed by atoms with van der Waals surface area (Å²) in [5, 5.41) is 0. The molecule has 1 atom stereocenters. The summed E-state index contributed by atoms with van der Waals surface area (Å²) in [6.45, 7) is 6.65. The molecule has 0 aliphatic rings. The molecular weight excluding hydrogens is 793 g/mol. The summed E-state index contributed by atoms with van der Waals surface area (Å²) in [7, 11) is 0. The van der Waals surface area contributed by atoms with Crippen LogP contribution in [-0.2, 0) is 28.6 Å². The van der Waals surface area contributed by atoms with Gasteiger partial charge in [0.25, 0.3) is 0 Å². The molecule has 64 heavy (non-hydrogen) atoms. The van der Waals surface area contributed by atoms with Gasteiger partial charge in [0.2, 0.25) is 0 Å². The largest absolute Gasteiger partial charge is 0.462 e. The predicted molar refractivity (Wildman–Crippen MR) is 275 cm³/mol. The average Bonchev–Trinajstić information content (AvgIpc) is 3.29. The molecule has 0 spiro atoms. The Morgan fingerprint density at radius 2 is 0.516 bits per heavy atom. The van der Waals surface area contributed by atoms with Gasteiger partial charge < -0.3 is 14.2 Å². The number of hydrogen-bond acceptors (Lipinski definition) is 6. The molecule has 6 nitrogen and oxygen atoms in total. The fourth-order valence-electron chi connectivity index (χ4n) is 8.68. The number of allylic oxidation sites excluding steroid dienone is 2. The van der Waals surface area contributed by atoms with Gasteiger partial charge in [0, 0.05) is 19.3 Å². The molecule has 0 aromatic heterocycles. The molecular formula is C58H110O6. The zero-order valence-electron chi connectivity index (χ0n) is 43.3. The smallest absolute Gasteiger partial charge is 0.306 e. The molecule has 0 aromatic rings. The maximum atomic E-state index is 12.8. The highest BCUT2D eigenvalue weighted by atomic mass is 16.6. The number of unbranched alkanes of at least 4 members (excludes halogenated alkanes) is 40. The van der Waals surface area contributed by atoms with E-state index in [9.17, 15) is 14.4 Å². The lowest BCUT2D eigenvalue weighted by Crippen LogP contribution is -2.30. The quantitative estimate of drug-likeness (QED) is 0.0262. The van der Waals surface area contributed by atoms with E-state index in [-0.39, 0.29) is 31.1 Å². The molecule has 0 saturated heterocycles. The van der Waals surface area contributed by atoms with Crippen molar-refractivity contribution >= 4 is 17.9 Å². The van der Waals surface area contributed by atoms with Crippen molar-refractivity contribution in [1.29, 1.82) is 0 Å². The lowest BCUT2D eigenvalue weighted by Gasteiger charge is -2.18. The van der Waals surface area contributed by atoms with Gasteiger partial charge in [0.15, 0.2) is 6.10 Å². The van der Waals surface area contributed by atoms with Crippen LogP contribution in [0.5, 0.6) is 0 Å². The number of ether oxygens (including phenoxy) is 3. The van der Waals surface area contributed by atoms with Crippen molar-refractivity contribution in [2.45, 2.75) is 329 Å². The topological polar surface area (TPSA) is 78.9 Å².